The van der Waals surface area contributed by atoms with E-state index in [2.05, 4.69) is 16.0 Å². The summed E-state index contributed by atoms with van der Waals surface area (Å²) in [5.74, 6) is -0.569. The van der Waals surface area contributed by atoms with Crippen molar-refractivity contribution in [1.82, 2.24) is 10.6 Å². The fraction of sp³-hybridized carbons (Fsp3) is 0.111. The highest BCUT2D eigenvalue weighted by Crippen LogP contribution is 2.30. The zero-order valence-electron chi connectivity index (χ0n) is 15.0. The molecular formula is C18H15N5O6. The molecule has 2 aromatic carbocycles. The van der Waals surface area contributed by atoms with E-state index in [4.69, 9.17) is 0 Å². The van der Waals surface area contributed by atoms with E-state index in [0.717, 1.165) is 0 Å². The Labute approximate surface area is 163 Å². The second-order valence-corrected chi connectivity index (χ2v) is 6.18. The quantitative estimate of drug-likeness (QED) is 0.520. The Hall–Kier alpha value is -4.28. The maximum atomic E-state index is 12.9. The molecule has 1 atom stereocenters. The average Bonchev–Trinajstić information content (AvgIpc) is 2.67. The summed E-state index contributed by atoms with van der Waals surface area (Å²) in [4.78, 5) is 45.5. The van der Waals surface area contributed by atoms with Gasteiger partial charge >= 0.3 is 6.03 Å². The van der Waals surface area contributed by atoms with Gasteiger partial charge in [0.2, 0.25) is 0 Å². The molecule has 0 spiro atoms. The standard InChI is InChI=1S/C18H15N5O6/c1-10-15(17(24)20-12-5-7-13(8-6-12)22(26)27)16(21-18(25)19-10)11-3-2-4-14(9-11)23(28)29/h2-9,16H,1H3,(H,20,24)(H2,19,21,25)/t16-/m1/s1. The van der Waals surface area contributed by atoms with Gasteiger partial charge in [0, 0.05) is 35.6 Å². The highest BCUT2D eigenvalue weighted by atomic mass is 16.6. The van der Waals surface area contributed by atoms with Crippen LogP contribution in [0.1, 0.15) is 18.5 Å². The zero-order valence-corrected chi connectivity index (χ0v) is 15.0. The van der Waals surface area contributed by atoms with Crippen molar-refractivity contribution >= 4 is 29.0 Å². The van der Waals surface area contributed by atoms with Crippen LogP contribution in [0.15, 0.2) is 59.8 Å². The predicted octanol–water partition coefficient (Wildman–Crippen LogP) is 2.77. The molecule has 1 aliphatic heterocycles. The first-order chi connectivity index (χ1) is 13.8. The highest BCUT2D eigenvalue weighted by molar-refractivity contribution is 6.06. The number of carbonyl (C=O) groups is 2. The number of nitrogens with one attached hydrogen (secondary N) is 3. The third-order valence-corrected chi connectivity index (χ3v) is 4.26. The van der Waals surface area contributed by atoms with Gasteiger partial charge in [-0.05, 0) is 24.6 Å². The van der Waals surface area contributed by atoms with Crippen molar-refractivity contribution < 1.29 is 19.4 Å². The van der Waals surface area contributed by atoms with Crippen molar-refractivity contribution in [3.63, 3.8) is 0 Å². The van der Waals surface area contributed by atoms with Crippen LogP contribution in [0.4, 0.5) is 21.9 Å². The Kier molecular flexibility index (Phi) is 5.21. The summed E-state index contributed by atoms with van der Waals surface area (Å²) in [7, 11) is 0. The van der Waals surface area contributed by atoms with Crippen molar-refractivity contribution in [3.05, 3.63) is 85.6 Å². The molecule has 1 heterocycles. The predicted molar refractivity (Wildman–Crippen MR) is 102 cm³/mol. The minimum Gasteiger partial charge on any atom is -0.327 e. The van der Waals surface area contributed by atoms with Crippen molar-refractivity contribution in [2.24, 2.45) is 0 Å². The number of nitrogens with zero attached hydrogens (tertiary/aromatic N) is 2. The first-order valence-corrected chi connectivity index (χ1v) is 8.34. The number of carbonyl (C=O) groups excluding carboxylic acids is 2. The average molecular weight is 397 g/mol. The fourth-order valence-corrected chi connectivity index (χ4v) is 2.93. The van der Waals surface area contributed by atoms with Gasteiger partial charge in [0.25, 0.3) is 17.3 Å². The maximum absolute atomic E-state index is 12.9. The molecule has 1 aliphatic rings. The number of urea groups is 1. The minimum absolute atomic E-state index is 0.125. The number of hydrogen-bond donors (Lipinski definition) is 3. The molecule has 29 heavy (non-hydrogen) atoms. The molecule has 3 amide bonds. The fourth-order valence-electron chi connectivity index (χ4n) is 2.93. The summed E-state index contributed by atoms with van der Waals surface area (Å²) in [6, 6.07) is 9.39. The van der Waals surface area contributed by atoms with Crippen LogP contribution in [-0.2, 0) is 4.79 Å². The van der Waals surface area contributed by atoms with E-state index in [0.29, 0.717) is 11.3 Å². The number of benzene rings is 2. The van der Waals surface area contributed by atoms with E-state index in [-0.39, 0.29) is 22.6 Å². The molecule has 0 saturated heterocycles. The molecule has 0 bridgehead atoms. The Morgan fingerprint density at radius 1 is 1.03 bits per heavy atom. The maximum Gasteiger partial charge on any atom is 0.319 e. The van der Waals surface area contributed by atoms with Crippen molar-refractivity contribution in [3.8, 4) is 0 Å². The number of hydrogen-bond acceptors (Lipinski definition) is 6. The normalized spacial score (nSPS) is 15.9. The summed E-state index contributed by atoms with van der Waals surface area (Å²) < 4.78 is 0. The molecule has 3 N–H and O–H groups in total. The number of allylic oxidation sites excluding steroid dienone is 1. The Balaban J connectivity index is 1.93. The van der Waals surface area contributed by atoms with Crippen LogP contribution in [0, 0.1) is 20.2 Å². The van der Waals surface area contributed by atoms with Crippen LogP contribution in [0.2, 0.25) is 0 Å². The molecule has 0 unspecified atom stereocenters. The number of nitro benzene ring substituents is 2. The lowest BCUT2D eigenvalue weighted by molar-refractivity contribution is -0.385. The summed E-state index contributed by atoms with van der Waals surface area (Å²) >= 11 is 0. The van der Waals surface area contributed by atoms with E-state index in [1.54, 1.807) is 6.07 Å². The molecule has 0 radical (unpaired) electrons. The molecule has 11 nitrogen and oxygen atoms in total. The molecule has 2 aromatic rings. The molecule has 11 heteroatoms. The van der Waals surface area contributed by atoms with Crippen molar-refractivity contribution in [2.45, 2.75) is 13.0 Å². The van der Waals surface area contributed by atoms with Crippen LogP contribution < -0.4 is 16.0 Å². The third-order valence-electron chi connectivity index (χ3n) is 4.26. The van der Waals surface area contributed by atoms with E-state index >= 15 is 0 Å². The van der Waals surface area contributed by atoms with Gasteiger partial charge in [-0.2, -0.15) is 0 Å². The number of nitro groups is 2. The summed E-state index contributed by atoms with van der Waals surface area (Å²) in [6.07, 6.45) is 0. The second-order valence-electron chi connectivity index (χ2n) is 6.18. The first-order valence-electron chi connectivity index (χ1n) is 8.34. The van der Waals surface area contributed by atoms with Crippen molar-refractivity contribution in [2.75, 3.05) is 5.32 Å². The Morgan fingerprint density at radius 3 is 2.31 bits per heavy atom. The zero-order chi connectivity index (χ0) is 21.1. The largest absolute Gasteiger partial charge is 0.327 e. The van der Waals surface area contributed by atoms with Crippen molar-refractivity contribution in [1.29, 1.82) is 0 Å². The Bertz CT molecular complexity index is 1050. The molecule has 0 aliphatic carbocycles. The van der Waals surface area contributed by atoms with Gasteiger partial charge in [0.05, 0.1) is 21.5 Å². The lowest BCUT2D eigenvalue weighted by Gasteiger charge is -2.28. The Morgan fingerprint density at radius 2 is 1.69 bits per heavy atom. The highest BCUT2D eigenvalue weighted by Gasteiger charge is 2.32. The summed E-state index contributed by atoms with van der Waals surface area (Å²) in [5.41, 5.74) is 0.813. The minimum atomic E-state index is -0.915. The van der Waals surface area contributed by atoms with Crippen LogP contribution >= 0.6 is 0 Å². The summed E-state index contributed by atoms with van der Waals surface area (Å²) in [6.45, 7) is 1.54. The number of anilines is 1. The molecule has 0 aromatic heterocycles. The molecule has 0 fully saturated rings. The van der Waals surface area contributed by atoms with Gasteiger partial charge in [-0.15, -0.1) is 0 Å². The molecule has 148 valence electrons. The summed E-state index contributed by atoms with van der Waals surface area (Å²) in [5, 5.41) is 29.5. The monoisotopic (exact) mass is 397 g/mol. The van der Waals surface area contributed by atoms with E-state index in [9.17, 15) is 29.8 Å². The van der Waals surface area contributed by atoms with Crippen LogP contribution in [0.25, 0.3) is 0 Å². The second kappa shape index (κ2) is 7.76. The number of amides is 3. The SMILES string of the molecule is CC1=C(C(=O)Nc2ccc([N+](=O)[O-])cc2)[C@@H](c2cccc([N+](=O)[O-])c2)NC(=O)N1. The number of non-ortho nitro benzene ring substituents is 2. The van der Waals surface area contributed by atoms with Gasteiger partial charge in [0.15, 0.2) is 0 Å². The van der Waals surface area contributed by atoms with Gasteiger partial charge in [-0.3, -0.25) is 25.0 Å². The molecule has 0 saturated carbocycles. The van der Waals surface area contributed by atoms with Crippen LogP contribution in [-0.4, -0.2) is 21.8 Å². The van der Waals surface area contributed by atoms with Gasteiger partial charge in [-0.25, -0.2) is 4.79 Å². The lowest BCUT2D eigenvalue weighted by atomic mass is 9.94. The first kappa shape index (κ1) is 19.5. The van der Waals surface area contributed by atoms with Crippen LogP contribution in [0.3, 0.4) is 0 Å². The third kappa shape index (κ3) is 4.18. The lowest BCUT2D eigenvalue weighted by Crippen LogP contribution is -2.46. The topological polar surface area (TPSA) is 157 Å². The van der Waals surface area contributed by atoms with E-state index in [1.165, 1.54) is 49.4 Å². The van der Waals surface area contributed by atoms with E-state index in [1.807, 2.05) is 0 Å². The smallest absolute Gasteiger partial charge is 0.319 e. The van der Waals surface area contributed by atoms with Crippen LogP contribution in [0.5, 0.6) is 0 Å². The van der Waals surface area contributed by atoms with Gasteiger partial charge in [-0.1, -0.05) is 12.1 Å². The van der Waals surface area contributed by atoms with Gasteiger partial charge in [0.1, 0.15) is 0 Å². The number of rotatable bonds is 5. The molecular weight excluding hydrogens is 382 g/mol. The van der Waals surface area contributed by atoms with E-state index < -0.39 is 27.8 Å². The molecule has 3 rings (SSSR count). The van der Waals surface area contributed by atoms with Gasteiger partial charge < -0.3 is 16.0 Å².